The number of nitrogens with zero attached hydrogens (tertiary/aromatic N) is 2. The van der Waals surface area contributed by atoms with Crippen LogP contribution in [0.25, 0.3) is 5.52 Å². The van der Waals surface area contributed by atoms with Gasteiger partial charge in [-0.1, -0.05) is 0 Å². The zero-order valence-corrected chi connectivity index (χ0v) is 13.8. The summed E-state index contributed by atoms with van der Waals surface area (Å²) in [5.74, 6) is 0.790. The van der Waals surface area contributed by atoms with E-state index in [1.54, 1.807) is 23.9 Å². The van der Waals surface area contributed by atoms with Crippen molar-refractivity contribution in [3.8, 4) is 11.6 Å². The number of ether oxygens (including phenoxy) is 3. The van der Waals surface area contributed by atoms with E-state index in [1.165, 1.54) is 7.11 Å². The standard InChI is InChI=1S/C18H18N2O4/c1-12-9-14-6-7-15(10-20(14)16(12)18(21)23-3)24-11-13-5-4-8-19-17(13)22-2/h4-10H,11H2,1-3H3. The van der Waals surface area contributed by atoms with E-state index >= 15 is 0 Å². The van der Waals surface area contributed by atoms with Crippen LogP contribution in [0.1, 0.15) is 21.6 Å². The normalized spacial score (nSPS) is 10.6. The van der Waals surface area contributed by atoms with Crippen molar-refractivity contribution in [2.24, 2.45) is 0 Å². The number of carbonyl (C=O) groups is 1. The number of esters is 1. The van der Waals surface area contributed by atoms with Gasteiger partial charge in [-0.15, -0.1) is 0 Å². The maximum absolute atomic E-state index is 12.0. The predicted octanol–water partition coefficient (Wildman–Crippen LogP) is 3.02. The second kappa shape index (κ2) is 6.62. The number of pyridine rings is 2. The van der Waals surface area contributed by atoms with Gasteiger partial charge in [0.1, 0.15) is 18.1 Å². The summed E-state index contributed by atoms with van der Waals surface area (Å²) in [4.78, 5) is 16.1. The van der Waals surface area contributed by atoms with E-state index in [4.69, 9.17) is 14.2 Å². The molecule has 0 radical (unpaired) electrons. The number of hydrogen-bond acceptors (Lipinski definition) is 5. The van der Waals surface area contributed by atoms with Crippen LogP contribution >= 0.6 is 0 Å². The Morgan fingerprint density at radius 1 is 1.25 bits per heavy atom. The lowest BCUT2D eigenvalue weighted by molar-refractivity contribution is 0.0592. The molecule has 3 rings (SSSR count). The number of rotatable bonds is 5. The third kappa shape index (κ3) is 2.90. The highest BCUT2D eigenvalue weighted by Crippen LogP contribution is 2.23. The topological polar surface area (TPSA) is 62.1 Å². The van der Waals surface area contributed by atoms with Gasteiger partial charge in [-0.05, 0) is 42.8 Å². The number of aromatic nitrogens is 2. The molecular formula is C18H18N2O4. The second-order valence-electron chi connectivity index (χ2n) is 5.29. The van der Waals surface area contributed by atoms with Crippen molar-refractivity contribution in [1.29, 1.82) is 0 Å². The lowest BCUT2D eigenvalue weighted by atomic mass is 10.3. The van der Waals surface area contributed by atoms with E-state index in [0.717, 1.165) is 16.6 Å². The van der Waals surface area contributed by atoms with E-state index < -0.39 is 0 Å². The SMILES string of the molecule is COC(=O)c1c(C)cc2ccc(OCc3cccnc3OC)cn12. The molecule has 6 nitrogen and oxygen atoms in total. The second-order valence-corrected chi connectivity index (χ2v) is 5.29. The summed E-state index contributed by atoms with van der Waals surface area (Å²) in [6.45, 7) is 2.19. The largest absolute Gasteiger partial charge is 0.487 e. The molecule has 0 fully saturated rings. The van der Waals surface area contributed by atoms with Gasteiger partial charge >= 0.3 is 5.97 Å². The van der Waals surface area contributed by atoms with Crippen LogP contribution in [-0.4, -0.2) is 29.6 Å². The van der Waals surface area contributed by atoms with Crippen LogP contribution in [-0.2, 0) is 11.3 Å². The quantitative estimate of drug-likeness (QED) is 0.675. The number of aryl methyl sites for hydroxylation is 1. The molecule has 0 bridgehead atoms. The van der Waals surface area contributed by atoms with Gasteiger partial charge in [-0.2, -0.15) is 0 Å². The monoisotopic (exact) mass is 326 g/mol. The Hall–Kier alpha value is -3.02. The molecule has 0 saturated heterocycles. The fourth-order valence-electron chi connectivity index (χ4n) is 2.60. The van der Waals surface area contributed by atoms with E-state index in [0.29, 0.717) is 23.9 Å². The van der Waals surface area contributed by atoms with Gasteiger partial charge in [0.25, 0.3) is 0 Å². The molecule has 0 saturated carbocycles. The van der Waals surface area contributed by atoms with Crippen molar-refractivity contribution < 1.29 is 19.0 Å². The molecule has 0 N–H and O–H groups in total. The molecule has 24 heavy (non-hydrogen) atoms. The number of carbonyl (C=O) groups excluding carboxylic acids is 1. The summed E-state index contributed by atoms with van der Waals surface area (Å²) in [5, 5.41) is 0. The van der Waals surface area contributed by atoms with Crippen molar-refractivity contribution in [3.05, 3.63) is 59.5 Å². The predicted molar refractivity (Wildman–Crippen MR) is 88.6 cm³/mol. The van der Waals surface area contributed by atoms with Crippen LogP contribution in [0.15, 0.2) is 42.7 Å². The summed E-state index contributed by atoms with van der Waals surface area (Å²) < 4.78 is 17.7. The van der Waals surface area contributed by atoms with Crippen LogP contribution in [0.5, 0.6) is 11.6 Å². The highest BCUT2D eigenvalue weighted by Gasteiger charge is 2.16. The van der Waals surface area contributed by atoms with Crippen LogP contribution in [0.4, 0.5) is 0 Å². The summed E-state index contributed by atoms with van der Waals surface area (Å²) >= 11 is 0. The molecule has 6 heteroatoms. The van der Waals surface area contributed by atoms with E-state index in [1.807, 2.05) is 37.3 Å². The first-order valence-corrected chi connectivity index (χ1v) is 7.44. The van der Waals surface area contributed by atoms with Gasteiger partial charge in [0.15, 0.2) is 0 Å². The highest BCUT2D eigenvalue weighted by molar-refractivity contribution is 5.91. The van der Waals surface area contributed by atoms with Crippen LogP contribution < -0.4 is 9.47 Å². The molecule has 0 aliphatic heterocycles. The molecule has 124 valence electrons. The molecule has 0 aliphatic rings. The molecule has 0 aromatic carbocycles. The third-order valence-electron chi connectivity index (χ3n) is 3.75. The Balaban J connectivity index is 1.89. The lowest BCUT2D eigenvalue weighted by Gasteiger charge is -2.10. The first-order valence-electron chi connectivity index (χ1n) is 7.44. The van der Waals surface area contributed by atoms with Crippen molar-refractivity contribution in [3.63, 3.8) is 0 Å². The molecule has 0 aliphatic carbocycles. The fourth-order valence-corrected chi connectivity index (χ4v) is 2.60. The number of hydrogen-bond donors (Lipinski definition) is 0. The van der Waals surface area contributed by atoms with Crippen LogP contribution in [0, 0.1) is 6.92 Å². The average molecular weight is 326 g/mol. The molecule has 0 atom stereocenters. The van der Waals surface area contributed by atoms with Gasteiger partial charge in [-0.3, -0.25) is 0 Å². The van der Waals surface area contributed by atoms with E-state index in [2.05, 4.69) is 4.98 Å². The first-order chi connectivity index (χ1) is 11.6. The Morgan fingerprint density at radius 2 is 2.08 bits per heavy atom. The zero-order chi connectivity index (χ0) is 17.1. The van der Waals surface area contributed by atoms with Crippen molar-refractivity contribution in [2.75, 3.05) is 14.2 Å². The Labute approximate surface area is 139 Å². The van der Waals surface area contributed by atoms with Crippen molar-refractivity contribution in [1.82, 2.24) is 9.38 Å². The molecular weight excluding hydrogens is 308 g/mol. The summed E-state index contributed by atoms with van der Waals surface area (Å²) in [5.41, 5.74) is 3.10. The lowest BCUT2D eigenvalue weighted by Crippen LogP contribution is -2.07. The maximum atomic E-state index is 12.0. The maximum Gasteiger partial charge on any atom is 0.355 e. The Bertz CT molecular complexity index is 886. The van der Waals surface area contributed by atoms with Crippen LogP contribution in [0.2, 0.25) is 0 Å². The highest BCUT2D eigenvalue weighted by atomic mass is 16.5. The average Bonchev–Trinajstić information content (AvgIpc) is 2.94. The van der Waals surface area contributed by atoms with Gasteiger partial charge < -0.3 is 18.6 Å². The molecule has 3 aromatic rings. The fraction of sp³-hybridized carbons (Fsp3) is 0.222. The molecule has 0 amide bonds. The number of methoxy groups -OCH3 is 2. The Morgan fingerprint density at radius 3 is 2.83 bits per heavy atom. The molecule has 3 aromatic heterocycles. The van der Waals surface area contributed by atoms with Gasteiger partial charge in [0.05, 0.1) is 26.0 Å². The first kappa shape index (κ1) is 15.9. The number of fused-ring (bicyclic) bond motifs is 1. The molecule has 0 unspecified atom stereocenters. The van der Waals surface area contributed by atoms with Crippen molar-refractivity contribution in [2.45, 2.75) is 13.5 Å². The van der Waals surface area contributed by atoms with Crippen LogP contribution in [0.3, 0.4) is 0 Å². The van der Waals surface area contributed by atoms with Gasteiger partial charge in [0, 0.05) is 11.7 Å². The van der Waals surface area contributed by atoms with E-state index in [9.17, 15) is 4.79 Å². The minimum Gasteiger partial charge on any atom is -0.487 e. The minimum atomic E-state index is -0.376. The van der Waals surface area contributed by atoms with Gasteiger partial charge in [0.2, 0.25) is 5.88 Å². The Kier molecular flexibility index (Phi) is 4.37. The zero-order valence-electron chi connectivity index (χ0n) is 13.8. The third-order valence-corrected chi connectivity index (χ3v) is 3.75. The minimum absolute atomic E-state index is 0.316. The van der Waals surface area contributed by atoms with Gasteiger partial charge in [-0.25, -0.2) is 9.78 Å². The summed E-state index contributed by atoms with van der Waals surface area (Å²) in [6, 6.07) is 9.41. The van der Waals surface area contributed by atoms with E-state index in [-0.39, 0.29) is 5.97 Å². The smallest absolute Gasteiger partial charge is 0.355 e. The summed E-state index contributed by atoms with van der Waals surface area (Å²) in [6.07, 6.45) is 3.44. The van der Waals surface area contributed by atoms with Crippen molar-refractivity contribution >= 4 is 11.5 Å². The molecule has 3 heterocycles. The summed E-state index contributed by atoms with van der Waals surface area (Å²) in [7, 11) is 2.94. The molecule has 0 spiro atoms.